The minimum atomic E-state index is -0.751. The summed E-state index contributed by atoms with van der Waals surface area (Å²) >= 11 is 6.34. The number of amides is 1. The van der Waals surface area contributed by atoms with Gasteiger partial charge in [-0.15, -0.1) is 0 Å². The van der Waals surface area contributed by atoms with Gasteiger partial charge in [0.15, 0.2) is 0 Å². The molecule has 0 aliphatic heterocycles. The molecule has 2 aliphatic carbocycles. The van der Waals surface area contributed by atoms with Gasteiger partial charge in [-0.1, -0.05) is 11.6 Å². The second-order valence-electron chi connectivity index (χ2n) is 10.9. The first-order chi connectivity index (χ1) is 19.2. The van der Waals surface area contributed by atoms with Crippen molar-refractivity contribution in [1.82, 2.24) is 25.1 Å². The third-order valence-electron chi connectivity index (χ3n) is 7.98. The van der Waals surface area contributed by atoms with E-state index in [1.165, 1.54) is 19.2 Å². The molecule has 11 heteroatoms. The zero-order valence-electron chi connectivity index (χ0n) is 21.7. The average molecular weight is 564 g/mol. The zero-order chi connectivity index (χ0) is 28.0. The number of aliphatic carboxylic acids is 1. The molecule has 4 aromatic rings. The minimum absolute atomic E-state index is 0.0426. The van der Waals surface area contributed by atoms with E-state index < -0.39 is 11.8 Å². The molecule has 2 aliphatic rings. The number of nitrogens with one attached hydrogen (secondary N) is 1. The Morgan fingerprint density at radius 2 is 1.85 bits per heavy atom. The standard InChI is InChI=1S/C29H27ClFN5O4/c1-40-23-5-17(4-21(31)7-23)19-12-32-25(33-13-19)15-36-27-18(14-34-36)3-20(30)6-24(27)28(39)35-22-10-29(11-22)8-16(9-29)2-26(37)38/h3-7,12-14,16,22H,2,8-11,15H2,1H3,(H,35,39)(H,37,38). The van der Waals surface area contributed by atoms with Gasteiger partial charge in [0, 0.05) is 46.9 Å². The average Bonchev–Trinajstić information content (AvgIpc) is 3.27. The van der Waals surface area contributed by atoms with E-state index >= 15 is 0 Å². The topological polar surface area (TPSA) is 119 Å². The summed E-state index contributed by atoms with van der Waals surface area (Å²) in [5, 5.41) is 17.7. The van der Waals surface area contributed by atoms with Crippen LogP contribution < -0.4 is 10.1 Å². The highest BCUT2D eigenvalue weighted by Gasteiger charge is 2.53. The third kappa shape index (κ3) is 5.11. The lowest BCUT2D eigenvalue weighted by Crippen LogP contribution is -2.56. The van der Waals surface area contributed by atoms with Crippen LogP contribution in [0.5, 0.6) is 5.75 Å². The maximum atomic E-state index is 13.9. The lowest BCUT2D eigenvalue weighted by atomic mass is 9.49. The number of rotatable bonds is 8. The van der Waals surface area contributed by atoms with Crippen LogP contribution in [-0.2, 0) is 11.3 Å². The number of methoxy groups -OCH3 is 1. The number of nitrogens with zero attached hydrogens (tertiary/aromatic N) is 4. The van der Waals surface area contributed by atoms with Gasteiger partial charge in [0.1, 0.15) is 23.9 Å². The predicted octanol–water partition coefficient (Wildman–Crippen LogP) is 5.11. The SMILES string of the molecule is COc1cc(F)cc(-c2cnc(Cn3ncc4cc(Cl)cc(C(=O)NC5CC6(CC(CC(=O)O)C6)C5)c43)nc2)c1. The minimum Gasteiger partial charge on any atom is -0.497 e. The van der Waals surface area contributed by atoms with E-state index in [1.54, 1.807) is 41.5 Å². The fourth-order valence-electron chi connectivity index (χ4n) is 6.30. The quantitative estimate of drug-likeness (QED) is 0.306. The van der Waals surface area contributed by atoms with Gasteiger partial charge in [0.2, 0.25) is 0 Å². The second kappa shape index (κ2) is 10.2. The number of aromatic nitrogens is 4. The highest BCUT2D eigenvalue weighted by Crippen LogP contribution is 2.59. The summed E-state index contributed by atoms with van der Waals surface area (Å²) in [6.07, 6.45) is 8.62. The van der Waals surface area contributed by atoms with Crippen molar-refractivity contribution >= 4 is 34.4 Å². The molecule has 0 saturated heterocycles. The molecule has 0 atom stereocenters. The molecule has 1 spiro atoms. The van der Waals surface area contributed by atoms with Gasteiger partial charge in [-0.3, -0.25) is 14.3 Å². The number of carboxylic acid groups (broad SMARTS) is 1. The van der Waals surface area contributed by atoms with Crippen LogP contribution in [0.25, 0.3) is 22.0 Å². The Morgan fingerprint density at radius 3 is 2.55 bits per heavy atom. The van der Waals surface area contributed by atoms with Crippen LogP contribution in [0.3, 0.4) is 0 Å². The van der Waals surface area contributed by atoms with Crippen molar-refractivity contribution in [3.8, 4) is 16.9 Å². The number of hydrogen-bond acceptors (Lipinski definition) is 6. The summed E-state index contributed by atoms with van der Waals surface area (Å²) in [5.41, 5.74) is 2.45. The monoisotopic (exact) mass is 563 g/mol. The van der Waals surface area contributed by atoms with Gasteiger partial charge in [-0.05, 0) is 66.8 Å². The Balaban J connectivity index is 1.17. The lowest BCUT2D eigenvalue weighted by Gasteiger charge is -2.57. The number of benzene rings is 2. The first-order valence-corrected chi connectivity index (χ1v) is 13.4. The van der Waals surface area contributed by atoms with Crippen LogP contribution >= 0.6 is 11.6 Å². The van der Waals surface area contributed by atoms with Gasteiger partial charge in [0.05, 0.1) is 24.4 Å². The Morgan fingerprint density at radius 1 is 1.10 bits per heavy atom. The highest BCUT2D eigenvalue weighted by molar-refractivity contribution is 6.32. The molecule has 1 amide bonds. The van der Waals surface area contributed by atoms with Crippen LogP contribution in [0.1, 0.15) is 48.3 Å². The number of carbonyl (C=O) groups is 2. The normalized spacial score (nSPS) is 21.6. The molecule has 2 saturated carbocycles. The van der Waals surface area contributed by atoms with Crippen LogP contribution in [0.4, 0.5) is 4.39 Å². The van der Waals surface area contributed by atoms with E-state index in [0.29, 0.717) is 38.8 Å². The molecule has 40 heavy (non-hydrogen) atoms. The van der Waals surface area contributed by atoms with Crippen molar-refractivity contribution in [2.45, 2.75) is 44.7 Å². The number of fused-ring (bicyclic) bond motifs is 1. The molecule has 6 rings (SSSR count). The molecule has 9 nitrogen and oxygen atoms in total. The Labute approximate surface area is 234 Å². The molecule has 0 unspecified atom stereocenters. The van der Waals surface area contributed by atoms with E-state index in [-0.39, 0.29) is 36.2 Å². The summed E-state index contributed by atoms with van der Waals surface area (Å²) in [6.45, 7) is 0.218. The molecule has 2 aromatic heterocycles. The van der Waals surface area contributed by atoms with Gasteiger partial charge < -0.3 is 15.2 Å². The fraction of sp³-hybridized carbons (Fsp3) is 0.345. The summed E-state index contributed by atoms with van der Waals surface area (Å²) in [6, 6.07) is 7.84. The zero-order valence-corrected chi connectivity index (χ0v) is 22.5. The van der Waals surface area contributed by atoms with Crippen molar-refractivity contribution in [3.63, 3.8) is 0 Å². The Kier molecular flexibility index (Phi) is 6.66. The van der Waals surface area contributed by atoms with E-state index in [0.717, 1.165) is 31.1 Å². The number of ether oxygens (including phenoxy) is 1. The molecule has 2 aromatic carbocycles. The smallest absolute Gasteiger partial charge is 0.303 e. The van der Waals surface area contributed by atoms with Crippen LogP contribution in [0.2, 0.25) is 5.02 Å². The first-order valence-electron chi connectivity index (χ1n) is 13.0. The highest BCUT2D eigenvalue weighted by atomic mass is 35.5. The van der Waals surface area contributed by atoms with Crippen LogP contribution in [0, 0.1) is 17.2 Å². The predicted molar refractivity (Wildman–Crippen MR) is 146 cm³/mol. The van der Waals surface area contributed by atoms with E-state index in [2.05, 4.69) is 20.4 Å². The summed E-state index contributed by atoms with van der Waals surface area (Å²) in [5.74, 6) is -0.285. The maximum absolute atomic E-state index is 13.9. The molecule has 0 radical (unpaired) electrons. The van der Waals surface area contributed by atoms with Gasteiger partial charge in [-0.2, -0.15) is 5.10 Å². The molecule has 2 N–H and O–H groups in total. The first kappa shape index (κ1) is 26.2. The number of carbonyl (C=O) groups excluding carboxylic acids is 1. The molecular formula is C29H27ClFN5O4. The molecule has 2 heterocycles. The van der Waals surface area contributed by atoms with Gasteiger partial charge in [0.25, 0.3) is 5.91 Å². The van der Waals surface area contributed by atoms with Gasteiger partial charge in [-0.25, -0.2) is 14.4 Å². The van der Waals surface area contributed by atoms with Crippen LogP contribution in [-0.4, -0.2) is 49.9 Å². The number of carboxylic acids is 1. The second-order valence-corrected chi connectivity index (χ2v) is 11.3. The Bertz CT molecular complexity index is 1610. The Hall–Kier alpha value is -4.05. The van der Waals surface area contributed by atoms with Crippen molar-refractivity contribution < 1.29 is 23.8 Å². The summed E-state index contributed by atoms with van der Waals surface area (Å²) < 4.78 is 20.8. The summed E-state index contributed by atoms with van der Waals surface area (Å²) in [7, 11) is 1.48. The van der Waals surface area contributed by atoms with Crippen molar-refractivity contribution in [3.05, 3.63) is 71.2 Å². The molecule has 2 fully saturated rings. The number of halogens is 2. The third-order valence-corrected chi connectivity index (χ3v) is 8.20. The summed E-state index contributed by atoms with van der Waals surface area (Å²) in [4.78, 5) is 33.2. The van der Waals surface area contributed by atoms with E-state index in [9.17, 15) is 14.0 Å². The molecule has 206 valence electrons. The van der Waals surface area contributed by atoms with Crippen LogP contribution in [0.15, 0.2) is 48.9 Å². The van der Waals surface area contributed by atoms with Crippen molar-refractivity contribution in [1.29, 1.82) is 0 Å². The van der Waals surface area contributed by atoms with E-state index in [4.69, 9.17) is 21.4 Å². The molecule has 0 bridgehead atoms. The van der Waals surface area contributed by atoms with Crippen molar-refractivity contribution in [2.75, 3.05) is 7.11 Å². The van der Waals surface area contributed by atoms with Crippen molar-refractivity contribution in [2.24, 2.45) is 11.3 Å². The fourth-order valence-corrected chi connectivity index (χ4v) is 6.52. The molecular weight excluding hydrogens is 537 g/mol. The maximum Gasteiger partial charge on any atom is 0.303 e. The largest absolute Gasteiger partial charge is 0.497 e. The van der Waals surface area contributed by atoms with Gasteiger partial charge >= 0.3 is 5.97 Å². The lowest BCUT2D eigenvalue weighted by molar-refractivity contribution is -0.142. The van der Waals surface area contributed by atoms with E-state index in [1.807, 2.05) is 0 Å². The number of hydrogen-bond donors (Lipinski definition) is 2.